The summed E-state index contributed by atoms with van der Waals surface area (Å²) in [7, 11) is 1.79. The first kappa shape index (κ1) is 23.1. The van der Waals surface area contributed by atoms with Gasteiger partial charge in [0, 0.05) is 57.0 Å². The number of benzene rings is 2. The molecule has 0 atom stereocenters. The average Bonchev–Trinajstić information content (AvgIpc) is 3.40. The molecule has 6 nitrogen and oxygen atoms in total. The molecule has 0 radical (unpaired) electrons. The van der Waals surface area contributed by atoms with E-state index in [1.54, 1.807) is 7.05 Å². The second kappa shape index (κ2) is 11.2. The molecule has 1 aliphatic heterocycles. The molecule has 1 saturated heterocycles. The first-order valence-corrected chi connectivity index (χ1v) is 10.6. The van der Waals surface area contributed by atoms with Crippen LogP contribution in [0, 0.1) is 0 Å². The summed E-state index contributed by atoms with van der Waals surface area (Å²) in [6.07, 6.45) is 4.77. The minimum absolute atomic E-state index is 0. The number of para-hydroxylation sites is 1. The number of aryl methyl sites for hydroxylation is 1. The second-order valence-corrected chi connectivity index (χ2v) is 7.59. The van der Waals surface area contributed by atoms with Crippen molar-refractivity contribution in [3.8, 4) is 0 Å². The molecular weight excluding hydrogens is 501 g/mol. The fraction of sp³-hybridized carbons (Fsp3) is 0.333. The van der Waals surface area contributed by atoms with Crippen molar-refractivity contribution in [1.29, 1.82) is 0 Å². The van der Waals surface area contributed by atoms with Crippen LogP contribution < -0.4 is 15.5 Å². The Balaban J connectivity index is 0.00000272. The van der Waals surface area contributed by atoms with Crippen molar-refractivity contribution in [3.63, 3.8) is 0 Å². The molecule has 164 valence electrons. The summed E-state index contributed by atoms with van der Waals surface area (Å²) in [5.41, 5.74) is 3.42. The van der Waals surface area contributed by atoms with Crippen molar-refractivity contribution >= 4 is 52.4 Å². The molecule has 1 aliphatic rings. The first-order chi connectivity index (χ1) is 14.7. The van der Waals surface area contributed by atoms with E-state index in [1.807, 2.05) is 17.0 Å². The Morgan fingerprint density at radius 2 is 1.87 bits per heavy atom. The Kier molecular flexibility index (Phi) is 8.34. The third-order valence-electron chi connectivity index (χ3n) is 5.55. The number of rotatable bonds is 7. The van der Waals surface area contributed by atoms with Crippen molar-refractivity contribution in [3.05, 3.63) is 66.4 Å². The highest BCUT2D eigenvalue weighted by molar-refractivity contribution is 14.0. The van der Waals surface area contributed by atoms with Crippen molar-refractivity contribution in [2.75, 3.05) is 25.0 Å². The van der Waals surface area contributed by atoms with Crippen LogP contribution >= 0.6 is 24.0 Å². The number of hydrogen-bond donors (Lipinski definition) is 2. The lowest BCUT2D eigenvalue weighted by molar-refractivity contribution is -0.117. The Labute approximate surface area is 200 Å². The highest BCUT2D eigenvalue weighted by Crippen LogP contribution is 2.21. The minimum Gasteiger partial charge on any atom is -0.356 e. The molecule has 2 aromatic carbocycles. The molecule has 3 aromatic rings. The van der Waals surface area contributed by atoms with Crippen LogP contribution in [0.5, 0.6) is 0 Å². The van der Waals surface area contributed by atoms with E-state index in [9.17, 15) is 4.79 Å². The van der Waals surface area contributed by atoms with E-state index in [1.165, 1.54) is 10.9 Å². The minimum atomic E-state index is 0. The van der Waals surface area contributed by atoms with E-state index in [4.69, 9.17) is 0 Å². The maximum Gasteiger partial charge on any atom is 0.227 e. The topological polar surface area (TPSA) is 61.7 Å². The quantitative estimate of drug-likeness (QED) is 0.209. The number of fused-ring (bicyclic) bond motifs is 1. The number of aromatic nitrogens is 1. The molecule has 2 N–H and O–H groups in total. The summed E-state index contributed by atoms with van der Waals surface area (Å²) < 4.78 is 2.29. The zero-order valence-electron chi connectivity index (χ0n) is 17.9. The van der Waals surface area contributed by atoms with Crippen molar-refractivity contribution < 1.29 is 4.79 Å². The van der Waals surface area contributed by atoms with Gasteiger partial charge >= 0.3 is 0 Å². The third kappa shape index (κ3) is 5.78. The molecule has 0 unspecified atom stereocenters. The van der Waals surface area contributed by atoms with Gasteiger partial charge in [0.15, 0.2) is 5.96 Å². The number of carbonyl (C=O) groups excluding carboxylic acids is 1. The Morgan fingerprint density at radius 3 is 2.61 bits per heavy atom. The monoisotopic (exact) mass is 531 g/mol. The molecule has 0 aliphatic carbocycles. The van der Waals surface area contributed by atoms with E-state index < -0.39 is 0 Å². The highest BCUT2D eigenvalue weighted by Gasteiger charge is 2.21. The normalized spacial score (nSPS) is 14.0. The number of guanidine groups is 1. The lowest BCUT2D eigenvalue weighted by Crippen LogP contribution is -2.37. The molecule has 4 rings (SSSR count). The van der Waals surface area contributed by atoms with Crippen molar-refractivity contribution in [2.24, 2.45) is 4.99 Å². The summed E-state index contributed by atoms with van der Waals surface area (Å²) >= 11 is 0. The maximum absolute atomic E-state index is 11.9. The largest absolute Gasteiger partial charge is 0.356 e. The molecule has 7 heteroatoms. The van der Waals surface area contributed by atoms with Gasteiger partial charge in [0.1, 0.15) is 0 Å². The average molecular weight is 531 g/mol. The number of hydrogen-bond acceptors (Lipinski definition) is 2. The zero-order valence-corrected chi connectivity index (χ0v) is 20.2. The summed E-state index contributed by atoms with van der Waals surface area (Å²) in [6.45, 7) is 3.33. The Hall–Kier alpha value is -2.55. The lowest BCUT2D eigenvalue weighted by atomic mass is 10.2. The lowest BCUT2D eigenvalue weighted by Gasteiger charge is -2.16. The number of nitrogens with one attached hydrogen (secondary N) is 2. The van der Waals surface area contributed by atoms with Crippen LogP contribution in [0.2, 0.25) is 0 Å². The predicted molar refractivity (Wildman–Crippen MR) is 138 cm³/mol. The van der Waals surface area contributed by atoms with Crippen LogP contribution in [0.15, 0.2) is 65.8 Å². The Morgan fingerprint density at radius 1 is 1.06 bits per heavy atom. The van der Waals surface area contributed by atoms with E-state index in [0.29, 0.717) is 13.0 Å². The fourth-order valence-corrected chi connectivity index (χ4v) is 3.91. The van der Waals surface area contributed by atoms with Crippen LogP contribution in [0.4, 0.5) is 5.69 Å². The number of anilines is 1. The molecule has 31 heavy (non-hydrogen) atoms. The molecule has 1 aromatic heterocycles. The number of halogens is 1. The van der Waals surface area contributed by atoms with Crippen LogP contribution in [0.1, 0.15) is 24.8 Å². The van der Waals surface area contributed by atoms with Gasteiger partial charge in [-0.25, -0.2) is 0 Å². The predicted octanol–water partition coefficient (Wildman–Crippen LogP) is 4.14. The van der Waals surface area contributed by atoms with Gasteiger partial charge in [-0.15, -0.1) is 24.0 Å². The number of aliphatic imine (C=N–C) groups is 1. The molecule has 0 spiro atoms. The van der Waals surface area contributed by atoms with Crippen LogP contribution in [0.25, 0.3) is 10.9 Å². The van der Waals surface area contributed by atoms with E-state index in [-0.39, 0.29) is 29.9 Å². The molecule has 2 heterocycles. The fourth-order valence-electron chi connectivity index (χ4n) is 3.91. The van der Waals surface area contributed by atoms with E-state index in [2.05, 4.69) is 68.9 Å². The third-order valence-corrected chi connectivity index (χ3v) is 5.55. The number of carbonyl (C=O) groups is 1. The molecule has 0 saturated carbocycles. The summed E-state index contributed by atoms with van der Waals surface area (Å²) in [5.74, 6) is 1.02. The highest BCUT2D eigenvalue weighted by atomic mass is 127. The van der Waals surface area contributed by atoms with Gasteiger partial charge in [0.05, 0.1) is 0 Å². The molecule has 0 bridgehead atoms. The van der Waals surface area contributed by atoms with Gasteiger partial charge in [-0.3, -0.25) is 9.79 Å². The first-order valence-electron chi connectivity index (χ1n) is 10.6. The van der Waals surface area contributed by atoms with Crippen molar-refractivity contribution in [1.82, 2.24) is 15.2 Å². The van der Waals surface area contributed by atoms with Crippen LogP contribution in [-0.4, -0.2) is 36.6 Å². The van der Waals surface area contributed by atoms with Gasteiger partial charge < -0.3 is 20.1 Å². The molecule has 1 amide bonds. The van der Waals surface area contributed by atoms with Gasteiger partial charge in [0.2, 0.25) is 5.91 Å². The van der Waals surface area contributed by atoms with Gasteiger partial charge in [-0.05, 0) is 48.1 Å². The van der Waals surface area contributed by atoms with Gasteiger partial charge in [-0.1, -0.05) is 30.3 Å². The Bertz CT molecular complexity index is 1030. The van der Waals surface area contributed by atoms with Crippen LogP contribution in [0.3, 0.4) is 0 Å². The smallest absolute Gasteiger partial charge is 0.227 e. The molecule has 1 fully saturated rings. The summed E-state index contributed by atoms with van der Waals surface area (Å²) in [6, 6.07) is 18.8. The number of amides is 1. The summed E-state index contributed by atoms with van der Waals surface area (Å²) in [5, 5.41) is 8.02. The van der Waals surface area contributed by atoms with Gasteiger partial charge in [0.25, 0.3) is 0 Å². The van der Waals surface area contributed by atoms with E-state index >= 15 is 0 Å². The summed E-state index contributed by atoms with van der Waals surface area (Å²) in [4.78, 5) is 18.0. The standard InChI is InChI=1S/C24H29N5O.HI/c1-25-24(26-14-5-15-28-17-13-20-6-2-3-7-22(20)28)27-18-19-9-11-21(12-10-19)29-16-4-8-23(29)30;/h2-3,6-7,9-13,17H,4-5,8,14-16,18H2,1H3,(H2,25,26,27);1H. The zero-order chi connectivity index (χ0) is 20.8. The second-order valence-electron chi connectivity index (χ2n) is 7.59. The SMILES string of the molecule is CN=C(NCCCn1ccc2ccccc21)NCc1ccc(N2CCCC2=O)cc1.I. The van der Waals surface area contributed by atoms with E-state index in [0.717, 1.165) is 49.7 Å². The van der Waals surface area contributed by atoms with Gasteiger partial charge in [-0.2, -0.15) is 0 Å². The van der Waals surface area contributed by atoms with Crippen molar-refractivity contribution in [2.45, 2.75) is 32.4 Å². The maximum atomic E-state index is 11.9. The number of nitrogens with zero attached hydrogens (tertiary/aromatic N) is 3. The molecular formula is C24H30IN5O. The van der Waals surface area contributed by atoms with Crippen LogP contribution in [-0.2, 0) is 17.9 Å².